The lowest BCUT2D eigenvalue weighted by molar-refractivity contribution is 0.356. The molecule has 0 amide bonds. The Kier molecular flexibility index (Phi) is 4.01. The van der Waals surface area contributed by atoms with E-state index in [0.29, 0.717) is 13.0 Å². The van der Waals surface area contributed by atoms with Crippen molar-refractivity contribution in [2.75, 3.05) is 6.61 Å². The molecule has 0 fully saturated rings. The molecule has 2 heterocycles. The molecular weight excluding hydrogens is 338 g/mol. The number of benzene rings is 2. The van der Waals surface area contributed by atoms with Crippen LogP contribution in [-0.4, -0.2) is 21.1 Å². The summed E-state index contributed by atoms with van der Waals surface area (Å²) in [6.45, 7) is 2.44. The van der Waals surface area contributed by atoms with E-state index in [-0.39, 0.29) is 10.9 Å². The van der Waals surface area contributed by atoms with Crippen molar-refractivity contribution in [3.8, 4) is 5.75 Å². The van der Waals surface area contributed by atoms with Gasteiger partial charge >= 0.3 is 0 Å². The van der Waals surface area contributed by atoms with E-state index < -0.39 is 10.0 Å². The fraction of sp³-hybridized carbons (Fsp3) is 0.263. The highest BCUT2D eigenvalue weighted by molar-refractivity contribution is 7.89. The van der Waals surface area contributed by atoms with Crippen LogP contribution in [0, 0.1) is 0 Å². The second-order valence-corrected chi connectivity index (χ2v) is 8.06. The highest BCUT2D eigenvalue weighted by Gasteiger charge is 2.21. The molecule has 0 aliphatic carbocycles. The van der Waals surface area contributed by atoms with Crippen LogP contribution < -0.4 is 9.46 Å². The Labute approximate surface area is 146 Å². The highest BCUT2D eigenvalue weighted by atomic mass is 32.2. The van der Waals surface area contributed by atoms with Crippen LogP contribution in [0.3, 0.4) is 0 Å². The maximum Gasteiger partial charge on any atom is 0.240 e. The lowest BCUT2D eigenvalue weighted by atomic mass is 10.2. The van der Waals surface area contributed by atoms with Gasteiger partial charge in [-0.3, -0.25) is 0 Å². The van der Waals surface area contributed by atoms with Crippen LogP contribution in [0.25, 0.3) is 11.0 Å². The van der Waals surface area contributed by atoms with Crippen molar-refractivity contribution in [3.63, 3.8) is 0 Å². The predicted octanol–water partition coefficient (Wildman–Crippen LogP) is 3.28. The molecule has 3 aromatic rings. The molecule has 0 radical (unpaired) electrons. The van der Waals surface area contributed by atoms with Gasteiger partial charge in [0, 0.05) is 24.3 Å². The van der Waals surface area contributed by atoms with E-state index in [0.717, 1.165) is 34.5 Å². The number of rotatable bonds is 5. The van der Waals surface area contributed by atoms with Crippen LogP contribution >= 0.6 is 0 Å². The summed E-state index contributed by atoms with van der Waals surface area (Å²) < 4.78 is 39.2. The lowest BCUT2D eigenvalue weighted by Gasteiger charge is -2.13. The third-order valence-corrected chi connectivity index (χ3v) is 5.90. The van der Waals surface area contributed by atoms with Gasteiger partial charge in [0.2, 0.25) is 10.0 Å². The first-order valence-electron chi connectivity index (χ1n) is 8.27. The number of sulfonamides is 1. The van der Waals surface area contributed by atoms with Crippen molar-refractivity contribution in [2.24, 2.45) is 0 Å². The minimum atomic E-state index is -3.58. The second kappa shape index (κ2) is 6.20. The molecule has 0 bridgehead atoms. The molecule has 0 unspecified atom stereocenters. The Hall–Kier alpha value is -2.31. The zero-order valence-electron chi connectivity index (χ0n) is 13.9. The first kappa shape index (κ1) is 16.2. The Morgan fingerprint density at radius 2 is 2.00 bits per heavy atom. The predicted molar refractivity (Wildman–Crippen MR) is 95.3 cm³/mol. The molecule has 6 heteroatoms. The number of ether oxygens (including phenoxy) is 1. The van der Waals surface area contributed by atoms with Crippen LogP contribution in [0.2, 0.25) is 0 Å². The van der Waals surface area contributed by atoms with Crippen LogP contribution in [0.15, 0.2) is 57.8 Å². The van der Waals surface area contributed by atoms with Crippen molar-refractivity contribution >= 4 is 21.0 Å². The van der Waals surface area contributed by atoms with Crippen molar-refractivity contribution < 1.29 is 17.6 Å². The van der Waals surface area contributed by atoms with Gasteiger partial charge in [0.05, 0.1) is 11.5 Å². The van der Waals surface area contributed by atoms with Crippen LogP contribution in [0.5, 0.6) is 5.75 Å². The summed E-state index contributed by atoms with van der Waals surface area (Å²) in [6, 6.07) is 14.4. The van der Waals surface area contributed by atoms with E-state index in [1.165, 1.54) is 0 Å². The minimum Gasteiger partial charge on any atom is -0.493 e. The van der Waals surface area contributed by atoms with Crippen LogP contribution in [0.1, 0.15) is 18.2 Å². The van der Waals surface area contributed by atoms with Gasteiger partial charge in [0.1, 0.15) is 17.1 Å². The van der Waals surface area contributed by atoms with Gasteiger partial charge in [-0.25, -0.2) is 13.1 Å². The third-order valence-electron chi connectivity index (χ3n) is 4.31. The Balaban J connectivity index is 1.50. The number of hydrogen-bond donors (Lipinski definition) is 1. The van der Waals surface area contributed by atoms with E-state index in [9.17, 15) is 8.42 Å². The molecule has 1 N–H and O–H groups in total. The SMILES string of the molecule is C[C@H](Cc1cc2ccccc2o1)NS(=O)(=O)c1ccc2c(c1)CCO2. The van der Waals surface area contributed by atoms with Crippen LogP contribution in [-0.2, 0) is 22.9 Å². The monoisotopic (exact) mass is 357 g/mol. The maximum atomic E-state index is 12.6. The fourth-order valence-electron chi connectivity index (χ4n) is 3.14. The molecule has 1 aromatic heterocycles. The zero-order valence-corrected chi connectivity index (χ0v) is 14.7. The largest absolute Gasteiger partial charge is 0.493 e. The highest BCUT2D eigenvalue weighted by Crippen LogP contribution is 2.27. The van der Waals surface area contributed by atoms with Crippen molar-refractivity contribution in [3.05, 3.63) is 59.9 Å². The summed E-state index contributed by atoms with van der Waals surface area (Å²) in [5.41, 5.74) is 1.75. The Morgan fingerprint density at radius 1 is 1.16 bits per heavy atom. The maximum absolute atomic E-state index is 12.6. The average Bonchev–Trinajstić information content (AvgIpc) is 3.19. The first-order chi connectivity index (χ1) is 12.0. The quantitative estimate of drug-likeness (QED) is 0.761. The van der Waals surface area contributed by atoms with Gasteiger partial charge in [-0.2, -0.15) is 0 Å². The smallest absolute Gasteiger partial charge is 0.240 e. The van der Waals surface area contributed by atoms with E-state index in [1.54, 1.807) is 18.2 Å². The summed E-state index contributed by atoms with van der Waals surface area (Å²) in [5, 5.41) is 1.02. The van der Waals surface area contributed by atoms with Crippen molar-refractivity contribution in [1.29, 1.82) is 0 Å². The molecule has 25 heavy (non-hydrogen) atoms. The number of fused-ring (bicyclic) bond motifs is 2. The molecule has 1 atom stereocenters. The molecule has 0 spiro atoms. The average molecular weight is 357 g/mol. The molecule has 5 nitrogen and oxygen atoms in total. The normalized spacial score (nSPS) is 15.1. The van der Waals surface area contributed by atoms with Crippen molar-refractivity contribution in [2.45, 2.75) is 30.7 Å². The minimum absolute atomic E-state index is 0.271. The second-order valence-electron chi connectivity index (χ2n) is 6.34. The van der Waals surface area contributed by atoms with Gasteiger partial charge in [-0.15, -0.1) is 0 Å². The molecule has 0 saturated carbocycles. The van der Waals surface area contributed by atoms with Gasteiger partial charge in [-0.05, 0) is 42.8 Å². The number of furan rings is 1. The van der Waals surface area contributed by atoms with Crippen molar-refractivity contribution in [1.82, 2.24) is 4.72 Å². The fourth-order valence-corrected chi connectivity index (χ4v) is 4.44. The zero-order chi connectivity index (χ0) is 17.4. The van der Waals surface area contributed by atoms with E-state index in [4.69, 9.17) is 9.15 Å². The number of hydrogen-bond acceptors (Lipinski definition) is 4. The summed E-state index contributed by atoms with van der Waals surface area (Å²) in [7, 11) is -3.58. The summed E-state index contributed by atoms with van der Waals surface area (Å²) in [5.74, 6) is 1.54. The lowest BCUT2D eigenvalue weighted by Crippen LogP contribution is -2.34. The first-order valence-corrected chi connectivity index (χ1v) is 9.75. The van der Waals surface area contributed by atoms with Gasteiger partial charge in [-0.1, -0.05) is 18.2 Å². The van der Waals surface area contributed by atoms with E-state index in [2.05, 4.69) is 4.72 Å². The Morgan fingerprint density at radius 3 is 2.84 bits per heavy atom. The summed E-state index contributed by atoms with van der Waals surface area (Å²) >= 11 is 0. The molecule has 0 saturated heterocycles. The topological polar surface area (TPSA) is 68.5 Å². The molecule has 1 aliphatic heterocycles. The molecule has 130 valence electrons. The van der Waals surface area contributed by atoms with Crippen LogP contribution in [0.4, 0.5) is 0 Å². The summed E-state index contributed by atoms with van der Waals surface area (Å²) in [4.78, 5) is 0.271. The van der Waals surface area contributed by atoms with Gasteiger partial charge < -0.3 is 9.15 Å². The van der Waals surface area contributed by atoms with Gasteiger partial charge in [0.25, 0.3) is 0 Å². The third kappa shape index (κ3) is 3.27. The Bertz CT molecular complexity index is 990. The molecule has 2 aromatic carbocycles. The number of nitrogens with one attached hydrogen (secondary N) is 1. The summed E-state index contributed by atoms with van der Waals surface area (Å²) in [6.07, 6.45) is 1.23. The standard InChI is InChI=1S/C19H19NO4S/c1-13(10-16-11-14-4-2-3-5-19(14)24-16)20-25(21,22)17-6-7-18-15(12-17)8-9-23-18/h2-7,11-13,20H,8-10H2,1H3/t13-/m1/s1. The molecule has 4 rings (SSSR count). The molecule has 1 aliphatic rings. The van der Waals surface area contributed by atoms with E-state index in [1.807, 2.05) is 37.3 Å². The van der Waals surface area contributed by atoms with E-state index >= 15 is 0 Å². The molecular formula is C19H19NO4S. The van der Waals surface area contributed by atoms with Gasteiger partial charge in [0.15, 0.2) is 0 Å². The number of para-hydroxylation sites is 1.